The zero-order valence-corrected chi connectivity index (χ0v) is 12.7. The first-order chi connectivity index (χ1) is 10.3. The largest absolute Gasteiger partial charge is 0.493 e. The van der Waals surface area contributed by atoms with Gasteiger partial charge in [0.25, 0.3) is 0 Å². The summed E-state index contributed by atoms with van der Waals surface area (Å²) in [7, 11) is 0. The summed E-state index contributed by atoms with van der Waals surface area (Å²) in [6.45, 7) is 5.52. The van der Waals surface area contributed by atoms with Crippen LogP contribution < -0.4 is 4.74 Å². The summed E-state index contributed by atoms with van der Waals surface area (Å²) in [6, 6.07) is 5.88. The van der Waals surface area contributed by atoms with Crippen molar-refractivity contribution in [1.29, 1.82) is 0 Å². The Morgan fingerprint density at radius 2 is 2.19 bits per heavy atom. The van der Waals surface area contributed by atoms with E-state index < -0.39 is 0 Å². The summed E-state index contributed by atoms with van der Waals surface area (Å²) in [5.41, 5.74) is 0.959. The van der Waals surface area contributed by atoms with E-state index in [1.54, 1.807) is 6.33 Å². The molecule has 0 atom stereocenters. The number of hydrogen-bond acceptors (Lipinski definition) is 5. The molecule has 112 valence electrons. The normalized spacial score (nSPS) is 16.2. The van der Waals surface area contributed by atoms with Gasteiger partial charge in [0.15, 0.2) is 0 Å². The number of aromatic nitrogens is 2. The van der Waals surface area contributed by atoms with E-state index in [2.05, 4.69) is 14.9 Å². The van der Waals surface area contributed by atoms with Crippen LogP contribution in [0.1, 0.15) is 6.42 Å². The maximum absolute atomic E-state index is 5.81. The van der Waals surface area contributed by atoms with Gasteiger partial charge in [-0.3, -0.25) is 4.90 Å². The molecule has 2 aromatic rings. The summed E-state index contributed by atoms with van der Waals surface area (Å²) in [5, 5.41) is 0.952. The molecule has 0 unspecified atom stereocenters. The molecule has 6 heteroatoms. The molecule has 1 N–H and O–H groups in total. The van der Waals surface area contributed by atoms with Crippen molar-refractivity contribution < 1.29 is 9.47 Å². The van der Waals surface area contributed by atoms with E-state index in [4.69, 9.17) is 21.7 Å². The van der Waals surface area contributed by atoms with Crippen LogP contribution >= 0.6 is 12.2 Å². The van der Waals surface area contributed by atoms with Crippen molar-refractivity contribution >= 4 is 23.1 Å². The average molecular weight is 305 g/mol. The van der Waals surface area contributed by atoms with Gasteiger partial charge in [-0.2, -0.15) is 0 Å². The Morgan fingerprint density at radius 3 is 3.05 bits per heavy atom. The van der Waals surface area contributed by atoms with E-state index in [-0.39, 0.29) is 0 Å². The SMILES string of the molecule is S=c1nc[nH]c2cc(OCCCN3CCOCC3)ccc12. The highest BCUT2D eigenvalue weighted by Gasteiger charge is 2.09. The molecule has 0 radical (unpaired) electrons. The molecule has 1 saturated heterocycles. The summed E-state index contributed by atoms with van der Waals surface area (Å²) in [5.74, 6) is 0.862. The average Bonchev–Trinajstić information content (AvgIpc) is 2.53. The Balaban J connectivity index is 1.52. The van der Waals surface area contributed by atoms with Crippen LogP contribution in [0.3, 0.4) is 0 Å². The molecule has 0 saturated carbocycles. The van der Waals surface area contributed by atoms with Crippen LogP contribution in [-0.2, 0) is 4.74 Å². The van der Waals surface area contributed by atoms with Crippen molar-refractivity contribution in [2.75, 3.05) is 39.5 Å². The van der Waals surface area contributed by atoms with Crippen LogP contribution in [0, 0.1) is 4.64 Å². The molecule has 1 fully saturated rings. The number of morpholine rings is 1. The second-order valence-electron chi connectivity index (χ2n) is 5.07. The number of fused-ring (bicyclic) bond motifs is 1. The third-order valence-electron chi connectivity index (χ3n) is 3.61. The van der Waals surface area contributed by atoms with Crippen molar-refractivity contribution in [3.63, 3.8) is 0 Å². The molecular weight excluding hydrogens is 286 g/mol. The number of rotatable bonds is 5. The van der Waals surface area contributed by atoms with Gasteiger partial charge >= 0.3 is 0 Å². The molecule has 0 amide bonds. The zero-order chi connectivity index (χ0) is 14.5. The molecule has 5 nitrogen and oxygen atoms in total. The fourth-order valence-electron chi connectivity index (χ4n) is 2.45. The Hall–Kier alpha value is -1.50. The lowest BCUT2D eigenvalue weighted by Gasteiger charge is -2.26. The van der Waals surface area contributed by atoms with Crippen LogP contribution in [0.25, 0.3) is 10.9 Å². The molecule has 21 heavy (non-hydrogen) atoms. The predicted octanol–water partition coefficient (Wildman–Crippen LogP) is 2.39. The molecule has 0 spiro atoms. The van der Waals surface area contributed by atoms with Gasteiger partial charge in [-0.1, -0.05) is 12.2 Å². The van der Waals surface area contributed by atoms with Crippen LogP contribution in [0.15, 0.2) is 24.5 Å². The van der Waals surface area contributed by atoms with Crippen LogP contribution in [0.2, 0.25) is 0 Å². The number of benzene rings is 1. The third-order valence-corrected chi connectivity index (χ3v) is 3.94. The monoisotopic (exact) mass is 305 g/mol. The Kier molecular flexibility index (Phi) is 4.80. The lowest BCUT2D eigenvalue weighted by molar-refractivity contribution is 0.0358. The van der Waals surface area contributed by atoms with E-state index in [1.165, 1.54) is 0 Å². The number of aromatic amines is 1. The molecular formula is C15H19N3O2S. The van der Waals surface area contributed by atoms with Crippen LogP contribution in [0.4, 0.5) is 0 Å². The fraction of sp³-hybridized carbons (Fsp3) is 0.467. The maximum Gasteiger partial charge on any atom is 0.137 e. The lowest BCUT2D eigenvalue weighted by Crippen LogP contribution is -2.37. The van der Waals surface area contributed by atoms with Crippen molar-refractivity contribution in [3.8, 4) is 5.75 Å². The van der Waals surface area contributed by atoms with E-state index in [9.17, 15) is 0 Å². The summed E-state index contributed by atoms with van der Waals surface area (Å²) in [6.07, 6.45) is 2.64. The zero-order valence-electron chi connectivity index (χ0n) is 11.9. The molecule has 1 aliphatic rings. The minimum absolute atomic E-state index is 0.614. The molecule has 0 bridgehead atoms. The Morgan fingerprint density at radius 1 is 1.33 bits per heavy atom. The minimum Gasteiger partial charge on any atom is -0.493 e. The lowest BCUT2D eigenvalue weighted by atomic mass is 10.2. The van der Waals surface area contributed by atoms with Gasteiger partial charge in [-0.15, -0.1) is 0 Å². The van der Waals surface area contributed by atoms with Gasteiger partial charge in [-0.25, -0.2) is 4.98 Å². The first-order valence-corrected chi connectivity index (χ1v) is 7.64. The van der Waals surface area contributed by atoms with E-state index in [1.807, 2.05) is 18.2 Å². The quantitative estimate of drug-likeness (QED) is 0.679. The van der Waals surface area contributed by atoms with Gasteiger partial charge in [0.05, 0.1) is 31.7 Å². The number of nitrogens with zero attached hydrogens (tertiary/aromatic N) is 2. The Bertz CT molecular complexity index is 653. The predicted molar refractivity (Wildman–Crippen MR) is 84.3 cm³/mol. The second-order valence-corrected chi connectivity index (χ2v) is 5.46. The van der Waals surface area contributed by atoms with Crippen LogP contribution in [-0.4, -0.2) is 54.3 Å². The molecule has 3 rings (SSSR count). The fourth-order valence-corrected chi connectivity index (χ4v) is 2.68. The topological polar surface area (TPSA) is 50.4 Å². The van der Waals surface area contributed by atoms with Gasteiger partial charge in [-0.05, 0) is 18.6 Å². The number of hydrogen-bond donors (Lipinski definition) is 1. The Labute approximate surface area is 128 Å². The summed E-state index contributed by atoms with van der Waals surface area (Å²) < 4.78 is 11.8. The van der Waals surface area contributed by atoms with Crippen molar-refractivity contribution in [2.45, 2.75) is 6.42 Å². The second kappa shape index (κ2) is 6.98. The van der Waals surface area contributed by atoms with Crippen LogP contribution in [0.5, 0.6) is 5.75 Å². The third kappa shape index (κ3) is 3.78. The minimum atomic E-state index is 0.614. The molecule has 2 heterocycles. The van der Waals surface area contributed by atoms with Gasteiger partial charge in [0.2, 0.25) is 0 Å². The van der Waals surface area contributed by atoms with Crippen molar-refractivity contribution in [2.24, 2.45) is 0 Å². The van der Waals surface area contributed by atoms with Crippen molar-refractivity contribution in [3.05, 3.63) is 29.2 Å². The first kappa shape index (κ1) is 14.4. The standard InChI is InChI=1S/C15H19N3O2S/c21-15-13-3-2-12(10-14(13)16-11-17-15)20-7-1-4-18-5-8-19-9-6-18/h2-3,10-11H,1,4-9H2,(H,16,17,21). The number of ether oxygens (including phenoxy) is 2. The van der Waals surface area contributed by atoms with Gasteiger partial charge in [0.1, 0.15) is 10.4 Å². The van der Waals surface area contributed by atoms with Gasteiger partial charge in [0, 0.05) is 31.1 Å². The smallest absolute Gasteiger partial charge is 0.137 e. The highest BCUT2D eigenvalue weighted by atomic mass is 32.1. The molecule has 1 aromatic heterocycles. The van der Waals surface area contributed by atoms with Crippen molar-refractivity contribution in [1.82, 2.24) is 14.9 Å². The first-order valence-electron chi connectivity index (χ1n) is 7.23. The van der Waals surface area contributed by atoms with E-state index in [0.29, 0.717) is 11.2 Å². The van der Waals surface area contributed by atoms with E-state index in [0.717, 1.165) is 55.9 Å². The summed E-state index contributed by atoms with van der Waals surface area (Å²) >= 11 is 5.19. The maximum atomic E-state index is 5.81. The number of H-pyrrole nitrogens is 1. The highest BCUT2D eigenvalue weighted by Crippen LogP contribution is 2.19. The highest BCUT2D eigenvalue weighted by molar-refractivity contribution is 7.71. The molecule has 1 aromatic carbocycles. The summed E-state index contributed by atoms with van der Waals surface area (Å²) in [4.78, 5) is 9.57. The molecule has 1 aliphatic heterocycles. The van der Waals surface area contributed by atoms with Gasteiger partial charge < -0.3 is 14.5 Å². The molecule has 0 aliphatic carbocycles. The number of nitrogens with one attached hydrogen (secondary N) is 1. The van der Waals surface area contributed by atoms with E-state index >= 15 is 0 Å².